The van der Waals surface area contributed by atoms with Crippen LogP contribution in [0.15, 0.2) is 24.3 Å². The summed E-state index contributed by atoms with van der Waals surface area (Å²) in [5, 5.41) is 0. The first-order valence-corrected chi connectivity index (χ1v) is 7.05. The molecule has 0 saturated carbocycles. The fourth-order valence-electron chi connectivity index (χ4n) is 1.90. The smallest absolute Gasteiger partial charge is 0.0659 e. The van der Waals surface area contributed by atoms with Crippen LogP contribution in [0.1, 0.15) is 50.8 Å². The minimum atomic E-state index is -0.00467. The highest BCUT2D eigenvalue weighted by molar-refractivity contribution is 5.24. The highest BCUT2D eigenvalue weighted by Crippen LogP contribution is 2.13. The molecule has 0 saturated heterocycles. The van der Waals surface area contributed by atoms with Gasteiger partial charge in [-0.3, -0.25) is 0 Å². The van der Waals surface area contributed by atoms with E-state index in [4.69, 9.17) is 10.5 Å². The van der Waals surface area contributed by atoms with Gasteiger partial charge in [0.1, 0.15) is 0 Å². The lowest BCUT2D eigenvalue weighted by Crippen LogP contribution is -2.17. The molecule has 0 radical (unpaired) electrons. The van der Waals surface area contributed by atoms with Crippen LogP contribution >= 0.6 is 0 Å². The van der Waals surface area contributed by atoms with Gasteiger partial charge in [-0.1, -0.05) is 45.0 Å². The van der Waals surface area contributed by atoms with Crippen LogP contribution in [0.4, 0.5) is 0 Å². The van der Waals surface area contributed by atoms with Crippen LogP contribution in [0.3, 0.4) is 0 Å². The maximum absolute atomic E-state index is 6.10. The summed E-state index contributed by atoms with van der Waals surface area (Å²) in [7, 11) is 0. The lowest BCUT2D eigenvalue weighted by molar-refractivity contribution is 0.115. The van der Waals surface area contributed by atoms with Gasteiger partial charge in [-0.25, -0.2) is 0 Å². The van der Waals surface area contributed by atoms with Crippen molar-refractivity contribution < 1.29 is 4.74 Å². The van der Waals surface area contributed by atoms with Crippen LogP contribution in [-0.2, 0) is 11.2 Å². The SMILES string of the molecule is CCc1ccc(C(N)COCCCC(C)C)cc1. The first-order chi connectivity index (χ1) is 8.63. The molecule has 0 spiro atoms. The van der Waals surface area contributed by atoms with E-state index >= 15 is 0 Å². The predicted molar refractivity (Wildman–Crippen MR) is 77.6 cm³/mol. The summed E-state index contributed by atoms with van der Waals surface area (Å²) < 4.78 is 5.63. The molecule has 102 valence electrons. The Morgan fingerprint density at radius 1 is 1.17 bits per heavy atom. The topological polar surface area (TPSA) is 35.2 Å². The number of benzene rings is 1. The Morgan fingerprint density at radius 3 is 2.39 bits per heavy atom. The Hall–Kier alpha value is -0.860. The molecule has 0 heterocycles. The summed E-state index contributed by atoms with van der Waals surface area (Å²) in [5.41, 5.74) is 8.62. The monoisotopic (exact) mass is 249 g/mol. The van der Waals surface area contributed by atoms with Crippen molar-refractivity contribution in [2.24, 2.45) is 11.7 Å². The molecule has 1 atom stereocenters. The standard InChI is InChI=1S/C16H27NO/c1-4-14-7-9-15(10-8-14)16(17)12-18-11-5-6-13(2)3/h7-10,13,16H,4-6,11-12,17H2,1-3H3. The van der Waals surface area contributed by atoms with Crippen LogP contribution in [0.5, 0.6) is 0 Å². The molecular formula is C16H27NO. The van der Waals surface area contributed by atoms with Gasteiger partial charge in [-0.2, -0.15) is 0 Å². The maximum Gasteiger partial charge on any atom is 0.0659 e. The second kappa shape index (κ2) is 8.28. The van der Waals surface area contributed by atoms with Gasteiger partial charge < -0.3 is 10.5 Å². The van der Waals surface area contributed by atoms with Crippen molar-refractivity contribution in [2.75, 3.05) is 13.2 Å². The number of rotatable bonds is 8. The molecule has 2 nitrogen and oxygen atoms in total. The molecule has 2 N–H and O–H groups in total. The third kappa shape index (κ3) is 5.65. The fourth-order valence-corrected chi connectivity index (χ4v) is 1.90. The van der Waals surface area contributed by atoms with E-state index in [1.165, 1.54) is 12.0 Å². The van der Waals surface area contributed by atoms with Gasteiger partial charge in [-0.05, 0) is 36.3 Å². The largest absolute Gasteiger partial charge is 0.379 e. The summed E-state index contributed by atoms with van der Waals surface area (Å²) in [4.78, 5) is 0. The van der Waals surface area contributed by atoms with Gasteiger partial charge in [0.2, 0.25) is 0 Å². The highest BCUT2D eigenvalue weighted by atomic mass is 16.5. The van der Waals surface area contributed by atoms with Crippen molar-refractivity contribution in [3.05, 3.63) is 35.4 Å². The first kappa shape index (κ1) is 15.2. The van der Waals surface area contributed by atoms with Gasteiger partial charge in [0.05, 0.1) is 12.6 Å². The number of aryl methyl sites for hydroxylation is 1. The van der Waals surface area contributed by atoms with Crippen molar-refractivity contribution in [1.82, 2.24) is 0 Å². The molecule has 1 aromatic rings. The molecule has 1 aromatic carbocycles. The normalized spacial score (nSPS) is 12.9. The van der Waals surface area contributed by atoms with Crippen LogP contribution in [0.25, 0.3) is 0 Å². The van der Waals surface area contributed by atoms with Gasteiger partial charge in [0.25, 0.3) is 0 Å². The Balaban J connectivity index is 2.25. The van der Waals surface area contributed by atoms with Crippen molar-refractivity contribution in [1.29, 1.82) is 0 Å². The van der Waals surface area contributed by atoms with Crippen LogP contribution < -0.4 is 5.73 Å². The lowest BCUT2D eigenvalue weighted by Gasteiger charge is -2.13. The molecule has 1 rings (SSSR count). The Morgan fingerprint density at radius 2 is 1.83 bits per heavy atom. The second-order valence-corrected chi connectivity index (χ2v) is 5.31. The summed E-state index contributed by atoms with van der Waals surface area (Å²) in [6.45, 7) is 8.07. The van der Waals surface area contributed by atoms with E-state index in [2.05, 4.69) is 45.0 Å². The van der Waals surface area contributed by atoms with Crippen molar-refractivity contribution in [2.45, 2.75) is 46.1 Å². The molecule has 0 fully saturated rings. The molecule has 18 heavy (non-hydrogen) atoms. The summed E-state index contributed by atoms with van der Waals surface area (Å²) in [6, 6.07) is 8.51. The molecule has 0 aliphatic carbocycles. The average molecular weight is 249 g/mol. The zero-order chi connectivity index (χ0) is 13.4. The maximum atomic E-state index is 6.10. The van der Waals surface area contributed by atoms with Gasteiger partial charge in [0, 0.05) is 6.61 Å². The Labute approximate surface area is 112 Å². The van der Waals surface area contributed by atoms with E-state index in [1.807, 2.05) is 0 Å². The van der Waals surface area contributed by atoms with E-state index < -0.39 is 0 Å². The van der Waals surface area contributed by atoms with E-state index in [9.17, 15) is 0 Å². The van der Waals surface area contributed by atoms with Gasteiger partial charge in [-0.15, -0.1) is 0 Å². The summed E-state index contributed by atoms with van der Waals surface area (Å²) >= 11 is 0. The summed E-state index contributed by atoms with van der Waals surface area (Å²) in [6.07, 6.45) is 3.42. The van der Waals surface area contributed by atoms with Gasteiger partial charge in [0.15, 0.2) is 0 Å². The van der Waals surface area contributed by atoms with Crippen LogP contribution in [0.2, 0.25) is 0 Å². The molecule has 0 aromatic heterocycles. The molecule has 1 unspecified atom stereocenters. The Kier molecular flexibility index (Phi) is 6.99. The molecule has 0 bridgehead atoms. The van der Waals surface area contributed by atoms with Gasteiger partial charge >= 0.3 is 0 Å². The van der Waals surface area contributed by atoms with E-state index in [1.54, 1.807) is 0 Å². The van der Waals surface area contributed by atoms with E-state index in [-0.39, 0.29) is 6.04 Å². The zero-order valence-corrected chi connectivity index (χ0v) is 12.0. The third-order valence-electron chi connectivity index (χ3n) is 3.18. The lowest BCUT2D eigenvalue weighted by atomic mass is 10.1. The van der Waals surface area contributed by atoms with E-state index in [0.717, 1.165) is 30.9 Å². The minimum Gasteiger partial charge on any atom is -0.379 e. The van der Waals surface area contributed by atoms with Crippen molar-refractivity contribution in [3.63, 3.8) is 0 Å². The molecule has 0 aliphatic heterocycles. The first-order valence-electron chi connectivity index (χ1n) is 7.05. The highest BCUT2D eigenvalue weighted by Gasteiger charge is 2.05. The number of hydrogen-bond acceptors (Lipinski definition) is 2. The zero-order valence-electron chi connectivity index (χ0n) is 12.0. The number of nitrogens with two attached hydrogens (primary N) is 1. The molecule has 0 aliphatic rings. The van der Waals surface area contributed by atoms with E-state index in [0.29, 0.717) is 6.61 Å². The second-order valence-electron chi connectivity index (χ2n) is 5.31. The molecular weight excluding hydrogens is 222 g/mol. The molecule has 2 heteroatoms. The molecule has 0 amide bonds. The predicted octanol–water partition coefficient (Wildman–Crippen LogP) is 3.70. The third-order valence-corrected chi connectivity index (χ3v) is 3.18. The Bertz CT molecular complexity index is 318. The number of ether oxygens (including phenoxy) is 1. The van der Waals surface area contributed by atoms with Crippen molar-refractivity contribution >= 4 is 0 Å². The van der Waals surface area contributed by atoms with Crippen LogP contribution in [0, 0.1) is 5.92 Å². The van der Waals surface area contributed by atoms with Crippen LogP contribution in [-0.4, -0.2) is 13.2 Å². The van der Waals surface area contributed by atoms with Crippen molar-refractivity contribution in [3.8, 4) is 0 Å². The average Bonchev–Trinajstić information content (AvgIpc) is 2.38. The fraction of sp³-hybridized carbons (Fsp3) is 0.625. The quantitative estimate of drug-likeness (QED) is 0.713. The minimum absolute atomic E-state index is 0.00467. The summed E-state index contributed by atoms with van der Waals surface area (Å²) in [5.74, 6) is 0.754. The number of hydrogen-bond donors (Lipinski definition) is 1.